The van der Waals surface area contributed by atoms with E-state index in [9.17, 15) is 15.0 Å². The van der Waals surface area contributed by atoms with E-state index in [0.717, 1.165) is 10.9 Å². The summed E-state index contributed by atoms with van der Waals surface area (Å²) in [7, 11) is 0. The van der Waals surface area contributed by atoms with Crippen LogP contribution >= 0.6 is 0 Å². The molecular formula is C21H22N4O3. The second-order valence-corrected chi connectivity index (χ2v) is 7.84. The number of benzene rings is 1. The Labute approximate surface area is 162 Å². The molecule has 7 nitrogen and oxygen atoms in total. The molecule has 5 rings (SSSR count). The van der Waals surface area contributed by atoms with Crippen molar-refractivity contribution in [2.75, 3.05) is 26.3 Å². The number of rotatable bonds is 5. The third kappa shape index (κ3) is 2.47. The summed E-state index contributed by atoms with van der Waals surface area (Å²) in [5.41, 5.74) is 1.79. The van der Waals surface area contributed by atoms with E-state index in [4.69, 9.17) is 0 Å². The van der Waals surface area contributed by atoms with Gasteiger partial charge >= 0.3 is 0 Å². The molecule has 0 spiro atoms. The average Bonchev–Trinajstić information content (AvgIpc) is 3.04. The first-order chi connectivity index (χ1) is 13.7. The molecule has 7 heteroatoms. The maximum Gasteiger partial charge on any atom is 0.275 e. The van der Waals surface area contributed by atoms with Gasteiger partial charge in [0.1, 0.15) is 0 Å². The van der Waals surface area contributed by atoms with Crippen LogP contribution in [0.3, 0.4) is 0 Å². The summed E-state index contributed by atoms with van der Waals surface area (Å²) in [5.74, 6) is 0.228. The quantitative estimate of drug-likeness (QED) is 0.695. The van der Waals surface area contributed by atoms with Crippen molar-refractivity contribution >= 4 is 16.9 Å². The summed E-state index contributed by atoms with van der Waals surface area (Å²) in [6.45, 7) is 1.60. The number of nitrogens with zero attached hydrogens (tertiary/aromatic N) is 4. The van der Waals surface area contributed by atoms with E-state index in [1.807, 2.05) is 42.5 Å². The molecule has 3 heterocycles. The van der Waals surface area contributed by atoms with E-state index in [-0.39, 0.29) is 31.0 Å². The highest BCUT2D eigenvalue weighted by Crippen LogP contribution is 2.62. The van der Waals surface area contributed by atoms with Gasteiger partial charge < -0.3 is 15.1 Å². The SMILES string of the molecule is O=C(c1nn(Cc2ccccc2)c2ncccc12)N1CC2C(C1)C2(CO)CO. The van der Waals surface area contributed by atoms with Gasteiger partial charge in [0.15, 0.2) is 11.3 Å². The topological polar surface area (TPSA) is 91.5 Å². The van der Waals surface area contributed by atoms with Gasteiger partial charge in [0, 0.05) is 24.7 Å². The molecule has 1 saturated heterocycles. The minimum atomic E-state index is -0.410. The van der Waals surface area contributed by atoms with Crippen molar-refractivity contribution in [3.05, 3.63) is 59.9 Å². The van der Waals surface area contributed by atoms with Crippen LogP contribution in [-0.2, 0) is 6.54 Å². The molecular weight excluding hydrogens is 356 g/mol. The smallest absolute Gasteiger partial charge is 0.275 e. The molecule has 1 aliphatic heterocycles. The van der Waals surface area contributed by atoms with Crippen molar-refractivity contribution in [1.29, 1.82) is 0 Å². The summed E-state index contributed by atoms with van der Waals surface area (Å²) >= 11 is 0. The number of aromatic nitrogens is 3. The van der Waals surface area contributed by atoms with E-state index < -0.39 is 5.41 Å². The highest BCUT2D eigenvalue weighted by Gasteiger charge is 2.68. The van der Waals surface area contributed by atoms with E-state index in [0.29, 0.717) is 31.0 Å². The predicted molar refractivity (Wildman–Crippen MR) is 103 cm³/mol. The Bertz CT molecular complexity index is 1010. The fourth-order valence-electron chi connectivity index (χ4n) is 4.71. The van der Waals surface area contributed by atoms with Gasteiger partial charge in [-0.2, -0.15) is 5.10 Å². The van der Waals surface area contributed by atoms with Crippen molar-refractivity contribution in [2.45, 2.75) is 6.54 Å². The van der Waals surface area contributed by atoms with Crippen molar-refractivity contribution in [1.82, 2.24) is 19.7 Å². The molecule has 2 fully saturated rings. The van der Waals surface area contributed by atoms with Crippen LogP contribution in [0.5, 0.6) is 0 Å². The molecule has 0 bridgehead atoms. The highest BCUT2D eigenvalue weighted by molar-refractivity contribution is 6.04. The summed E-state index contributed by atoms with van der Waals surface area (Å²) in [6.07, 6.45) is 1.71. The Morgan fingerprint density at radius 2 is 1.79 bits per heavy atom. The number of aliphatic hydroxyl groups excluding tert-OH is 2. The first-order valence-corrected chi connectivity index (χ1v) is 9.54. The number of carbonyl (C=O) groups excluding carboxylic acids is 1. The van der Waals surface area contributed by atoms with Gasteiger partial charge in [0.25, 0.3) is 5.91 Å². The lowest BCUT2D eigenvalue weighted by Gasteiger charge is -2.23. The van der Waals surface area contributed by atoms with Crippen LogP contribution in [0.15, 0.2) is 48.7 Å². The molecule has 1 aromatic carbocycles. The zero-order valence-electron chi connectivity index (χ0n) is 15.4. The predicted octanol–water partition coefficient (Wildman–Crippen LogP) is 1.15. The van der Waals surface area contributed by atoms with Crippen LogP contribution in [-0.4, -0.2) is 62.1 Å². The number of hydrogen-bond donors (Lipinski definition) is 2. The Hall–Kier alpha value is -2.77. The molecule has 1 saturated carbocycles. The number of fused-ring (bicyclic) bond motifs is 2. The van der Waals surface area contributed by atoms with Gasteiger partial charge in [-0.05, 0) is 29.5 Å². The summed E-state index contributed by atoms with van der Waals surface area (Å²) in [5, 5.41) is 24.6. The molecule has 2 N–H and O–H groups in total. The number of piperidine rings is 1. The van der Waals surface area contributed by atoms with Crippen molar-refractivity contribution in [3.63, 3.8) is 0 Å². The number of amides is 1. The maximum absolute atomic E-state index is 13.2. The number of carbonyl (C=O) groups is 1. The minimum Gasteiger partial charge on any atom is -0.396 e. The van der Waals surface area contributed by atoms with Crippen molar-refractivity contribution < 1.29 is 15.0 Å². The summed E-state index contributed by atoms with van der Waals surface area (Å²) in [4.78, 5) is 19.4. The zero-order valence-corrected chi connectivity index (χ0v) is 15.4. The fourth-order valence-corrected chi connectivity index (χ4v) is 4.71. The molecule has 2 aromatic heterocycles. The Kier molecular flexibility index (Phi) is 3.96. The number of pyridine rings is 1. The molecule has 2 unspecified atom stereocenters. The van der Waals surface area contributed by atoms with Gasteiger partial charge in [-0.1, -0.05) is 30.3 Å². The van der Waals surface area contributed by atoms with Crippen LogP contribution in [0.2, 0.25) is 0 Å². The van der Waals surface area contributed by atoms with Gasteiger partial charge in [-0.15, -0.1) is 0 Å². The average molecular weight is 378 g/mol. The standard InChI is InChI=1S/C21H22N4O3/c26-12-21(13-27)16-10-24(11-17(16)21)20(28)18-15-7-4-8-22-19(15)25(23-18)9-14-5-2-1-3-6-14/h1-8,16-17,26-27H,9-13H2. The second-order valence-electron chi connectivity index (χ2n) is 7.84. The fraction of sp³-hybridized carbons (Fsp3) is 0.381. The molecule has 3 aromatic rings. The van der Waals surface area contributed by atoms with Crippen molar-refractivity contribution in [3.8, 4) is 0 Å². The normalized spacial score (nSPS) is 22.4. The first-order valence-electron chi connectivity index (χ1n) is 9.54. The summed E-state index contributed by atoms with van der Waals surface area (Å²) in [6, 6.07) is 13.7. The maximum atomic E-state index is 13.2. The molecule has 1 amide bonds. The molecule has 1 aliphatic carbocycles. The third-order valence-corrected chi connectivity index (χ3v) is 6.45. The number of hydrogen-bond acceptors (Lipinski definition) is 5. The lowest BCUT2D eigenvalue weighted by molar-refractivity contribution is 0.0633. The number of likely N-dealkylation sites (tertiary alicyclic amines) is 1. The van der Waals surface area contributed by atoms with Crippen LogP contribution in [0, 0.1) is 17.3 Å². The van der Waals surface area contributed by atoms with Gasteiger partial charge in [0.05, 0.1) is 25.1 Å². The lowest BCUT2D eigenvalue weighted by Crippen LogP contribution is -2.36. The van der Waals surface area contributed by atoms with Crippen LogP contribution < -0.4 is 0 Å². The largest absolute Gasteiger partial charge is 0.396 e. The Morgan fingerprint density at radius 1 is 1.07 bits per heavy atom. The number of aliphatic hydroxyl groups is 2. The van der Waals surface area contributed by atoms with Gasteiger partial charge in [0.2, 0.25) is 0 Å². The molecule has 0 radical (unpaired) electrons. The van der Waals surface area contributed by atoms with E-state index in [1.165, 1.54) is 0 Å². The molecule has 28 heavy (non-hydrogen) atoms. The van der Waals surface area contributed by atoms with E-state index in [2.05, 4.69) is 10.1 Å². The molecule has 2 aliphatic rings. The van der Waals surface area contributed by atoms with Crippen LogP contribution in [0.1, 0.15) is 16.1 Å². The van der Waals surface area contributed by atoms with E-state index >= 15 is 0 Å². The third-order valence-electron chi connectivity index (χ3n) is 6.45. The van der Waals surface area contributed by atoms with Crippen molar-refractivity contribution in [2.24, 2.45) is 17.3 Å². The first kappa shape index (κ1) is 17.3. The molecule has 2 atom stereocenters. The minimum absolute atomic E-state index is 0.0284. The van der Waals surface area contributed by atoms with Gasteiger partial charge in [-0.3, -0.25) is 4.79 Å². The molecule has 144 valence electrons. The Morgan fingerprint density at radius 3 is 2.46 bits per heavy atom. The lowest BCUT2D eigenvalue weighted by atomic mass is 10.0. The van der Waals surface area contributed by atoms with Crippen LogP contribution in [0.25, 0.3) is 11.0 Å². The van der Waals surface area contributed by atoms with Crippen LogP contribution in [0.4, 0.5) is 0 Å². The monoisotopic (exact) mass is 378 g/mol. The summed E-state index contributed by atoms with van der Waals surface area (Å²) < 4.78 is 1.78. The van der Waals surface area contributed by atoms with E-state index in [1.54, 1.807) is 15.8 Å². The second kappa shape index (κ2) is 6.39. The Balaban J connectivity index is 1.43. The zero-order chi connectivity index (χ0) is 19.3. The van der Waals surface area contributed by atoms with Gasteiger partial charge in [-0.25, -0.2) is 9.67 Å². The highest BCUT2D eigenvalue weighted by atomic mass is 16.3.